The average Bonchev–Trinajstić information content (AvgIpc) is 2.09. The van der Waals surface area contributed by atoms with E-state index in [1.165, 1.54) is 51.4 Å². The highest BCUT2D eigenvalue weighted by Gasteiger charge is 2.17. The zero-order chi connectivity index (χ0) is 8.81. The van der Waals surface area contributed by atoms with Crippen LogP contribution < -0.4 is 0 Å². The van der Waals surface area contributed by atoms with Crippen LogP contribution in [0.5, 0.6) is 0 Å². The molecule has 1 aliphatic rings. The third-order valence-electron chi connectivity index (χ3n) is 3.18. The molecule has 1 saturated carbocycles. The molecule has 1 aliphatic carbocycles. The monoisotopic (exact) mass is 167 g/mol. The summed E-state index contributed by atoms with van der Waals surface area (Å²) in [4.78, 5) is 0. The van der Waals surface area contributed by atoms with Crippen LogP contribution in [0.1, 0.15) is 58.3 Å². The van der Waals surface area contributed by atoms with Gasteiger partial charge in [0.25, 0.3) is 0 Å². The van der Waals surface area contributed by atoms with Gasteiger partial charge in [0, 0.05) is 0 Å². The quantitative estimate of drug-likeness (QED) is 0.550. The van der Waals surface area contributed by atoms with Crippen LogP contribution in [0.15, 0.2) is 0 Å². The van der Waals surface area contributed by atoms with Crippen LogP contribution in [0.3, 0.4) is 0 Å². The maximum atomic E-state index is 4.13. The van der Waals surface area contributed by atoms with Crippen LogP contribution in [0, 0.1) is 18.8 Å². The molecule has 1 rings (SSSR count). The highest BCUT2D eigenvalue weighted by atomic mass is 14.2. The molecule has 0 unspecified atom stereocenters. The molecule has 0 atom stereocenters. The van der Waals surface area contributed by atoms with Gasteiger partial charge in [-0.1, -0.05) is 65.2 Å². The van der Waals surface area contributed by atoms with Crippen molar-refractivity contribution in [1.29, 1.82) is 0 Å². The lowest BCUT2D eigenvalue weighted by molar-refractivity contribution is 0.288. The maximum absolute atomic E-state index is 4.13. The van der Waals surface area contributed by atoms with Crippen molar-refractivity contribution in [3.63, 3.8) is 0 Å². The van der Waals surface area contributed by atoms with Crippen molar-refractivity contribution in [2.75, 3.05) is 0 Å². The Balaban J connectivity index is 2.01. The lowest BCUT2D eigenvalue weighted by Crippen LogP contribution is -2.12. The first-order valence-electron chi connectivity index (χ1n) is 5.66. The molecule has 0 aromatic heterocycles. The van der Waals surface area contributed by atoms with E-state index in [9.17, 15) is 0 Å². The molecule has 0 amide bonds. The third kappa shape index (κ3) is 3.60. The van der Waals surface area contributed by atoms with Gasteiger partial charge in [-0.15, -0.1) is 0 Å². The second kappa shape index (κ2) is 5.61. The summed E-state index contributed by atoms with van der Waals surface area (Å²) in [6.45, 7) is 6.41. The van der Waals surface area contributed by atoms with Crippen molar-refractivity contribution in [2.45, 2.75) is 58.3 Å². The van der Waals surface area contributed by atoms with Gasteiger partial charge in [-0.05, 0) is 11.8 Å². The summed E-state index contributed by atoms with van der Waals surface area (Å²) in [6.07, 6.45) is 11.4. The summed E-state index contributed by atoms with van der Waals surface area (Å²) < 4.78 is 0. The second-order valence-corrected chi connectivity index (χ2v) is 4.38. The molecule has 0 saturated heterocycles. The molecule has 1 fully saturated rings. The number of rotatable bonds is 4. The molecule has 0 aromatic rings. The predicted octanol–water partition coefficient (Wildman–Crippen LogP) is 4.21. The minimum absolute atomic E-state index is 0.771. The Kier molecular flexibility index (Phi) is 4.72. The van der Waals surface area contributed by atoms with Gasteiger partial charge in [0.1, 0.15) is 0 Å². The molecule has 1 radical (unpaired) electrons. The largest absolute Gasteiger partial charge is 0.0654 e. The van der Waals surface area contributed by atoms with Gasteiger partial charge in [0.2, 0.25) is 0 Å². The molecular weight excluding hydrogens is 144 g/mol. The normalized spacial score (nSPS) is 30.5. The third-order valence-corrected chi connectivity index (χ3v) is 3.18. The summed E-state index contributed by atoms with van der Waals surface area (Å²) in [5.41, 5.74) is 0. The van der Waals surface area contributed by atoms with E-state index in [1.807, 2.05) is 0 Å². The van der Waals surface area contributed by atoms with E-state index in [1.54, 1.807) is 0 Å². The molecule has 0 nitrogen and oxygen atoms in total. The smallest absolute Gasteiger partial charge is 0.0414 e. The lowest BCUT2D eigenvalue weighted by Gasteiger charge is -2.25. The summed E-state index contributed by atoms with van der Waals surface area (Å²) in [6, 6.07) is 0. The molecule has 0 aromatic carbocycles. The lowest BCUT2D eigenvalue weighted by atomic mass is 9.80. The van der Waals surface area contributed by atoms with E-state index in [2.05, 4.69) is 13.8 Å². The highest BCUT2D eigenvalue weighted by Crippen LogP contribution is 2.31. The van der Waals surface area contributed by atoms with Gasteiger partial charge in [-0.25, -0.2) is 0 Å². The number of unbranched alkanes of at least 4 members (excludes halogenated alkanes) is 2. The Morgan fingerprint density at radius 2 is 1.75 bits per heavy atom. The van der Waals surface area contributed by atoms with Crippen molar-refractivity contribution in [3.05, 3.63) is 6.92 Å². The predicted molar refractivity (Wildman–Crippen MR) is 54.9 cm³/mol. The van der Waals surface area contributed by atoms with Crippen molar-refractivity contribution in [2.24, 2.45) is 11.8 Å². The van der Waals surface area contributed by atoms with Crippen molar-refractivity contribution < 1.29 is 0 Å². The molecule has 71 valence electrons. The summed E-state index contributed by atoms with van der Waals surface area (Å²) in [5.74, 6) is 1.82. The second-order valence-electron chi connectivity index (χ2n) is 4.38. The van der Waals surface area contributed by atoms with Crippen LogP contribution in [0.2, 0.25) is 0 Å². The van der Waals surface area contributed by atoms with Crippen molar-refractivity contribution >= 4 is 0 Å². The summed E-state index contributed by atoms with van der Waals surface area (Å²) in [5, 5.41) is 0. The SMILES string of the molecule is [CH2]C1CCC(CCCCC)CC1. The number of hydrogen-bond donors (Lipinski definition) is 0. The minimum Gasteiger partial charge on any atom is -0.0654 e. The molecule has 0 N–H and O–H groups in total. The van der Waals surface area contributed by atoms with Gasteiger partial charge in [-0.2, -0.15) is 0 Å². The first-order valence-corrected chi connectivity index (χ1v) is 5.66. The zero-order valence-corrected chi connectivity index (χ0v) is 8.52. The fraction of sp³-hybridized carbons (Fsp3) is 0.917. The number of hydrogen-bond acceptors (Lipinski definition) is 0. The Hall–Kier alpha value is 0. The molecule has 0 bridgehead atoms. The topological polar surface area (TPSA) is 0 Å². The van der Waals surface area contributed by atoms with Crippen molar-refractivity contribution in [3.8, 4) is 0 Å². The Morgan fingerprint density at radius 3 is 2.33 bits per heavy atom. The van der Waals surface area contributed by atoms with E-state index < -0.39 is 0 Å². The average molecular weight is 167 g/mol. The van der Waals surface area contributed by atoms with E-state index in [0.717, 1.165) is 11.8 Å². The van der Waals surface area contributed by atoms with Gasteiger partial charge in [-0.3, -0.25) is 0 Å². The Labute approximate surface area is 77.7 Å². The van der Waals surface area contributed by atoms with Crippen LogP contribution >= 0.6 is 0 Å². The first-order chi connectivity index (χ1) is 5.83. The van der Waals surface area contributed by atoms with Crippen LogP contribution in [0.4, 0.5) is 0 Å². The molecule has 0 heteroatoms. The van der Waals surface area contributed by atoms with Gasteiger partial charge < -0.3 is 0 Å². The first kappa shape index (κ1) is 10.1. The fourth-order valence-electron chi connectivity index (χ4n) is 2.20. The molecule has 12 heavy (non-hydrogen) atoms. The highest BCUT2D eigenvalue weighted by molar-refractivity contribution is 4.73. The summed E-state index contributed by atoms with van der Waals surface area (Å²) >= 11 is 0. The maximum Gasteiger partial charge on any atom is -0.0414 e. The van der Waals surface area contributed by atoms with E-state index >= 15 is 0 Å². The van der Waals surface area contributed by atoms with Gasteiger partial charge in [0.15, 0.2) is 0 Å². The standard InChI is InChI=1S/C12H23/c1-3-4-5-6-12-9-7-11(2)8-10-12/h11-12H,2-10H2,1H3. The van der Waals surface area contributed by atoms with Gasteiger partial charge in [0.05, 0.1) is 0 Å². The Bertz CT molecular complexity index is 98.6. The fourth-order valence-corrected chi connectivity index (χ4v) is 2.20. The molecule has 0 spiro atoms. The van der Waals surface area contributed by atoms with Gasteiger partial charge >= 0.3 is 0 Å². The molecule has 0 aliphatic heterocycles. The summed E-state index contributed by atoms with van der Waals surface area (Å²) in [7, 11) is 0. The zero-order valence-electron chi connectivity index (χ0n) is 8.52. The van der Waals surface area contributed by atoms with E-state index in [-0.39, 0.29) is 0 Å². The molecule has 0 heterocycles. The van der Waals surface area contributed by atoms with E-state index in [4.69, 9.17) is 0 Å². The van der Waals surface area contributed by atoms with Crippen LogP contribution in [0.25, 0.3) is 0 Å². The van der Waals surface area contributed by atoms with Crippen LogP contribution in [-0.4, -0.2) is 0 Å². The Morgan fingerprint density at radius 1 is 1.08 bits per heavy atom. The minimum atomic E-state index is 0.771. The van der Waals surface area contributed by atoms with Crippen LogP contribution in [-0.2, 0) is 0 Å². The van der Waals surface area contributed by atoms with Crippen molar-refractivity contribution in [1.82, 2.24) is 0 Å². The van der Waals surface area contributed by atoms with E-state index in [0.29, 0.717) is 0 Å². The molecular formula is C12H23.